The molecular weight excluding hydrogens is 380 g/mol. The molecule has 0 spiro atoms. The Morgan fingerprint density at radius 3 is 2.63 bits per heavy atom. The van der Waals surface area contributed by atoms with Crippen LogP contribution in [0.3, 0.4) is 0 Å². The Balaban J connectivity index is 3.29. The van der Waals surface area contributed by atoms with Crippen molar-refractivity contribution in [2.75, 3.05) is 6.61 Å². The minimum Gasteiger partial charge on any atom is -0.461 e. The number of nitrogens with two attached hydrogens (primary N) is 1. The fourth-order valence-corrected chi connectivity index (χ4v) is 1.88. The first-order valence-electron chi connectivity index (χ1n) is 5.10. The van der Waals surface area contributed by atoms with Gasteiger partial charge in [-0.05, 0) is 29.5 Å². The van der Waals surface area contributed by atoms with E-state index in [0.717, 1.165) is 6.20 Å². The molecule has 0 aliphatic carbocycles. The quantitative estimate of drug-likeness (QED) is 0.631. The highest BCUT2D eigenvalue weighted by molar-refractivity contribution is 14.1. The number of pyridine rings is 1. The van der Waals surface area contributed by atoms with Gasteiger partial charge in [0.2, 0.25) is 0 Å². The van der Waals surface area contributed by atoms with E-state index in [1.54, 1.807) is 29.5 Å². The summed E-state index contributed by atoms with van der Waals surface area (Å²) < 4.78 is 45.6. The SMILES string of the molecule is CCOC(=O)c1ncc(I)c(OC(F)(F)F)c1CN. The molecule has 0 unspecified atom stereocenters. The monoisotopic (exact) mass is 390 g/mol. The molecule has 9 heteroatoms. The van der Waals surface area contributed by atoms with Crippen LogP contribution in [0.5, 0.6) is 5.75 Å². The van der Waals surface area contributed by atoms with Crippen LogP contribution in [-0.2, 0) is 11.3 Å². The van der Waals surface area contributed by atoms with Gasteiger partial charge in [0.15, 0.2) is 11.4 Å². The van der Waals surface area contributed by atoms with E-state index in [1.807, 2.05) is 0 Å². The normalized spacial score (nSPS) is 11.3. The Bertz CT molecular complexity index is 480. The van der Waals surface area contributed by atoms with E-state index < -0.39 is 18.1 Å². The van der Waals surface area contributed by atoms with Crippen LogP contribution >= 0.6 is 22.6 Å². The number of aromatic nitrogens is 1. The van der Waals surface area contributed by atoms with Gasteiger partial charge in [-0.1, -0.05) is 0 Å². The third kappa shape index (κ3) is 4.20. The molecule has 106 valence electrons. The number of hydrogen-bond acceptors (Lipinski definition) is 5. The molecule has 1 rings (SSSR count). The Labute approximate surface area is 120 Å². The fraction of sp³-hybridized carbons (Fsp3) is 0.400. The first-order valence-corrected chi connectivity index (χ1v) is 6.18. The molecular formula is C10H10F3IN2O3. The van der Waals surface area contributed by atoms with Crippen molar-refractivity contribution in [1.82, 2.24) is 4.98 Å². The van der Waals surface area contributed by atoms with Gasteiger partial charge in [-0.3, -0.25) is 0 Å². The number of nitrogens with zero attached hydrogens (tertiary/aromatic N) is 1. The third-order valence-electron chi connectivity index (χ3n) is 1.97. The molecule has 1 heterocycles. The van der Waals surface area contributed by atoms with Gasteiger partial charge in [-0.15, -0.1) is 13.2 Å². The van der Waals surface area contributed by atoms with E-state index >= 15 is 0 Å². The Morgan fingerprint density at radius 1 is 1.53 bits per heavy atom. The molecule has 1 aromatic rings. The molecule has 2 N–H and O–H groups in total. The minimum atomic E-state index is -4.88. The molecule has 0 aliphatic heterocycles. The van der Waals surface area contributed by atoms with Gasteiger partial charge in [0.1, 0.15) is 0 Å². The molecule has 0 aliphatic rings. The van der Waals surface area contributed by atoms with Crippen molar-refractivity contribution in [1.29, 1.82) is 0 Å². The average Bonchev–Trinajstić information content (AvgIpc) is 2.30. The zero-order valence-electron chi connectivity index (χ0n) is 9.75. The zero-order chi connectivity index (χ0) is 14.6. The standard InChI is InChI=1S/C10H10F3IN2O3/c1-2-18-9(17)7-5(3-15)8(6(14)4-16-7)19-10(11,12)13/h4H,2-3,15H2,1H3. The van der Waals surface area contributed by atoms with E-state index in [9.17, 15) is 18.0 Å². The van der Waals surface area contributed by atoms with Crippen molar-refractivity contribution in [3.05, 3.63) is 21.0 Å². The summed E-state index contributed by atoms with van der Waals surface area (Å²) in [4.78, 5) is 15.3. The third-order valence-corrected chi connectivity index (χ3v) is 2.74. The van der Waals surface area contributed by atoms with Crippen molar-refractivity contribution in [3.63, 3.8) is 0 Å². The van der Waals surface area contributed by atoms with Gasteiger partial charge in [0.05, 0.1) is 10.2 Å². The summed E-state index contributed by atoms with van der Waals surface area (Å²) in [5.74, 6) is -1.36. The molecule has 0 amide bonds. The van der Waals surface area contributed by atoms with Crippen molar-refractivity contribution >= 4 is 28.6 Å². The summed E-state index contributed by atoms with van der Waals surface area (Å²) >= 11 is 1.62. The molecule has 1 aromatic heterocycles. The van der Waals surface area contributed by atoms with Crippen LogP contribution in [0.4, 0.5) is 13.2 Å². The lowest BCUT2D eigenvalue weighted by Gasteiger charge is -2.15. The molecule has 0 fully saturated rings. The Morgan fingerprint density at radius 2 is 2.16 bits per heavy atom. The molecule has 5 nitrogen and oxygen atoms in total. The number of esters is 1. The topological polar surface area (TPSA) is 74.4 Å². The summed E-state index contributed by atoms with van der Waals surface area (Å²) in [6, 6.07) is 0. The van der Waals surface area contributed by atoms with Crippen molar-refractivity contribution in [3.8, 4) is 5.75 Å². The van der Waals surface area contributed by atoms with Crippen molar-refractivity contribution < 1.29 is 27.4 Å². The summed E-state index contributed by atoms with van der Waals surface area (Å²) in [7, 11) is 0. The first kappa shape index (κ1) is 16.0. The lowest BCUT2D eigenvalue weighted by atomic mass is 10.1. The van der Waals surface area contributed by atoms with Crippen molar-refractivity contribution in [2.45, 2.75) is 19.8 Å². The summed E-state index contributed by atoms with van der Waals surface area (Å²) in [6.07, 6.45) is -3.79. The fourth-order valence-electron chi connectivity index (χ4n) is 1.30. The molecule has 0 radical (unpaired) electrons. The van der Waals surface area contributed by atoms with Crippen LogP contribution in [0, 0.1) is 3.57 Å². The lowest BCUT2D eigenvalue weighted by Crippen LogP contribution is -2.22. The second-order valence-corrected chi connectivity index (χ2v) is 4.40. The average molecular weight is 390 g/mol. The van der Waals surface area contributed by atoms with Crippen LogP contribution < -0.4 is 10.5 Å². The highest BCUT2D eigenvalue weighted by Gasteiger charge is 2.34. The number of carbonyl (C=O) groups excluding carboxylic acids is 1. The number of halogens is 4. The molecule has 19 heavy (non-hydrogen) atoms. The van der Waals surface area contributed by atoms with E-state index in [4.69, 9.17) is 10.5 Å². The summed E-state index contributed by atoms with van der Waals surface area (Å²) in [6.45, 7) is 1.31. The maximum Gasteiger partial charge on any atom is 0.573 e. The molecule has 0 atom stereocenters. The van der Waals surface area contributed by atoms with Crippen LogP contribution in [-0.4, -0.2) is 23.9 Å². The van der Waals surface area contributed by atoms with Crippen molar-refractivity contribution in [2.24, 2.45) is 5.73 Å². The maximum atomic E-state index is 12.3. The largest absolute Gasteiger partial charge is 0.573 e. The number of alkyl halides is 3. The predicted octanol–water partition coefficient (Wildman–Crippen LogP) is 2.22. The molecule has 0 aromatic carbocycles. The highest BCUT2D eigenvalue weighted by Crippen LogP contribution is 2.32. The van der Waals surface area contributed by atoms with E-state index in [-0.39, 0.29) is 28.0 Å². The van der Waals surface area contributed by atoms with Gasteiger partial charge in [-0.25, -0.2) is 9.78 Å². The van der Waals surface area contributed by atoms with Gasteiger partial charge >= 0.3 is 12.3 Å². The van der Waals surface area contributed by atoms with Gasteiger partial charge in [-0.2, -0.15) is 0 Å². The number of rotatable bonds is 4. The number of ether oxygens (including phenoxy) is 2. The van der Waals surface area contributed by atoms with Gasteiger partial charge < -0.3 is 15.2 Å². The molecule has 0 bridgehead atoms. The van der Waals surface area contributed by atoms with Crippen LogP contribution in [0.25, 0.3) is 0 Å². The minimum absolute atomic E-state index is 0.0754. The molecule has 0 saturated heterocycles. The van der Waals surface area contributed by atoms with Crippen LogP contribution in [0.15, 0.2) is 6.20 Å². The predicted molar refractivity (Wildman–Crippen MR) is 67.5 cm³/mol. The van der Waals surface area contributed by atoms with E-state index in [2.05, 4.69) is 9.72 Å². The molecule has 0 saturated carbocycles. The van der Waals surface area contributed by atoms with Crippen LogP contribution in [0.2, 0.25) is 0 Å². The number of carbonyl (C=O) groups is 1. The van der Waals surface area contributed by atoms with E-state index in [0.29, 0.717) is 0 Å². The number of hydrogen-bond donors (Lipinski definition) is 1. The maximum absolute atomic E-state index is 12.3. The summed E-state index contributed by atoms with van der Waals surface area (Å²) in [5.41, 5.74) is 4.96. The van der Waals surface area contributed by atoms with Crippen LogP contribution in [0.1, 0.15) is 23.0 Å². The van der Waals surface area contributed by atoms with Gasteiger partial charge in [0, 0.05) is 18.3 Å². The van der Waals surface area contributed by atoms with E-state index in [1.165, 1.54) is 0 Å². The lowest BCUT2D eigenvalue weighted by molar-refractivity contribution is -0.275. The van der Waals surface area contributed by atoms with Gasteiger partial charge in [0.25, 0.3) is 0 Å². The smallest absolute Gasteiger partial charge is 0.461 e. The highest BCUT2D eigenvalue weighted by atomic mass is 127. The Kier molecular flexibility index (Phi) is 5.35. The first-order chi connectivity index (χ1) is 8.80. The zero-order valence-corrected chi connectivity index (χ0v) is 11.9. The Hall–Kier alpha value is -1.10. The second kappa shape index (κ2) is 6.37. The second-order valence-electron chi connectivity index (χ2n) is 3.23. The summed E-state index contributed by atoms with van der Waals surface area (Å²) in [5, 5.41) is 0.